The molecule has 4 nitrogen and oxygen atoms in total. The second-order valence-electron chi connectivity index (χ2n) is 5.60. The lowest BCUT2D eigenvalue weighted by atomic mass is 10.1. The van der Waals surface area contributed by atoms with E-state index in [4.69, 9.17) is 16.3 Å². The molecule has 0 radical (unpaired) electrons. The molecule has 0 amide bonds. The van der Waals surface area contributed by atoms with E-state index in [1.165, 1.54) is 12.8 Å². The summed E-state index contributed by atoms with van der Waals surface area (Å²) < 4.78 is 5.27. The number of methoxy groups -OCH3 is 1. The van der Waals surface area contributed by atoms with Crippen molar-refractivity contribution in [2.24, 2.45) is 5.92 Å². The molecule has 0 aliphatic heterocycles. The van der Waals surface area contributed by atoms with Crippen LogP contribution in [0.2, 0.25) is 5.28 Å². The van der Waals surface area contributed by atoms with Crippen molar-refractivity contribution in [3.05, 3.63) is 29.5 Å². The minimum atomic E-state index is 0.300. The Labute approximate surface area is 130 Å². The van der Waals surface area contributed by atoms with E-state index in [9.17, 15) is 0 Å². The van der Waals surface area contributed by atoms with E-state index in [2.05, 4.69) is 27.9 Å². The summed E-state index contributed by atoms with van der Waals surface area (Å²) in [7, 11) is 1.73. The van der Waals surface area contributed by atoms with Crippen molar-refractivity contribution in [1.29, 1.82) is 0 Å². The van der Waals surface area contributed by atoms with Crippen LogP contribution in [0.4, 0.5) is 5.82 Å². The SMILES string of the molecule is COCCN(c1nc(Cl)nc2ccccc12)C(C)C1CC1. The Hall–Kier alpha value is -1.39. The Morgan fingerprint density at radius 2 is 2.10 bits per heavy atom. The number of rotatable bonds is 6. The monoisotopic (exact) mass is 305 g/mol. The van der Waals surface area contributed by atoms with Crippen LogP contribution >= 0.6 is 11.6 Å². The summed E-state index contributed by atoms with van der Waals surface area (Å²) >= 11 is 6.12. The number of ether oxygens (including phenoxy) is 1. The average molecular weight is 306 g/mol. The van der Waals surface area contributed by atoms with Gasteiger partial charge in [-0.3, -0.25) is 0 Å². The van der Waals surface area contributed by atoms with E-state index >= 15 is 0 Å². The molecule has 1 saturated carbocycles. The second kappa shape index (κ2) is 6.16. The molecular formula is C16H20ClN3O. The van der Waals surface area contributed by atoms with Crippen molar-refractivity contribution in [2.45, 2.75) is 25.8 Å². The zero-order valence-electron chi connectivity index (χ0n) is 12.4. The van der Waals surface area contributed by atoms with Gasteiger partial charge in [-0.2, -0.15) is 4.98 Å². The third kappa shape index (κ3) is 3.11. The normalized spacial score (nSPS) is 16.1. The van der Waals surface area contributed by atoms with E-state index in [1.54, 1.807) is 7.11 Å². The van der Waals surface area contributed by atoms with Gasteiger partial charge >= 0.3 is 0 Å². The van der Waals surface area contributed by atoms with Crippen molar-refractivity contribution < 1.29 is 4.74 Å². The fraction of sp³-hybridized carbons (Fsp3) is 0.500. The molecular weight excluding hydrogens is 286 g/mol. The molecule has 5 heteroatoms. The lowest BCUT2D eigenvalue weighted by Crippen LogP contribution is -2.38. The van der Waals surface area contributed by atoms with Crippen LogP contribution in [0.25, 0.3) is 10.9 Å². The van der Waals surface area contributed by atoms with Gasteiger partial charge in [-0.1, -0.05) is 12.1 Å². The molecule has 3 rings (SSSR count). The maximum absolute atomic E-state index is 6.12. The van der Waals surface area contributed by atoms with Crippen LogP contribution in [-0.4, -0.2) is 36.3 Å². The first-order chi connectivity index (χ1) is 10.2. The second-order valence-corrected chi connectivity index (χ2v) is 5.94. The zero-order chi connectivity index (χ0) is 14.8. The number of halogens is 1. The highest BCUT2D eigenvalue weighted by molar-refractivity contribution is 6.28. The van der Waals surface area contributed by atoms with Crippen LogP contribution in [-0.2, 0) is 4.74 Å². The van der Waals surface area contributed by atoms with Gasteiger partial charge in [-0.25, -0.2) is 4.98 Å². The molecule has 112 valence electrons. The van der Waals surface area contributed by atoms with Crippen molar-refractivity contribution >= 4 is 28.3 Å². The summed E-state index contributed by atoms with van der Waals surface area (Å²) in [5, 5.41) is 1.35. The first-order valence-corrected chi connectivity index (χ1v) is 7.76. The molecule has 1 aromatic carbocycles. The van der Waals surface area contributed by atoms with E-state index in [-0.39, 0.29) is 0 Å². The van der Waals surface area contributed by atoms with Crippen LogP contribution < -0.4 is 4.90 Å². The highest BCUT2D eigenvalue weighted by Gasteiger charge is 2.33. The number of benzene rings is 1. The molecule has 1 unspecified atom stereocenters. The molecule has 0 bridgehead atoms. The van der Waals surface area contributed by atoms with Gasteiger partial charge < -0.3 is 9.64 Å². The Morgan fingerprint density at radius 3 is 2.81 bits per heavy atom. The van der Waals surface area contributed by atoms with Gasteiger partial charge in [0.2, 0.25) is 5.28 Å². The number of anilines is 1. The summed E-state index contributed by atoms with van der Waals surface area (Å²) in [6, 6.07) is 8.45. The topological polar surface area (TPSA) is 38.2 Å². The predicted octanol–water partition coefficient (Wildman–Crippen LogP) is 3.53. The minimum absolute atomic E-state index is 0.300. The molecule has 0 N–H and O–H groups in total. The molecule has 1 aliphatic carbocycles. The molecule has 1 fully saturated rings. The summed E-state index contributed by atoms with van der Waals surface area (Å²) in [5.74, 6) is 1.66. The number of hydrogen-bond acceptors (Lipinski definition) is 4. The highest BCUT2D eigenvalue weighted by Crippen LogP contribution is 2.38. The van der Waals surface area contributed by atoms with Gasteiger partial charge in [0, 0.05) is 25.1 Å². The van der Waals surface area contributed by atoms with Crippen LogP contribution in [0.3, 0.4) is 0 Å². The minimum Gasteiger partial charge on any atom is -0.383 e. The Morgan fingerprint density at radius 1 is 1.33 bits per heavy atom. The number of nitrogens with zero attached hydrogens (tertiary/aromatic N) is 3. The van der Waals surface area contributed by atoms with Gasteiger partial charge in [0.1, 0.15) is 5.82 Å². The van der Waals surface area contributed by atoms with E-state index < -0.39 is 0 Å². The number of para-hydroxylation sites is 1. The standard InChI is InChI=1S/C16H20ClN3O/c1-11(12-7-8-12)20(9-10-21-2)15-13-5-3-4-6-14(13)18-16(17)19-15/h3-6,11-12H,7-10H2,1-2H3. The average Bonchev–Trinajstić information content (AvgIpc) is 3.31. The van der Waals surface area contributed by atoms with Crippen molar-refractivity contribution in [2.75, 3.05) is 25.2 Å². The number of hydrogen-bond donors (Lipinski definition) is 0. The predicted molar refractivity (Wildman–Crippen MR) is 86.0 cm³/mol. The maximum atomic E-state index is 6.12. The largest absolute Gasteiger partial charge is 0.383 e. The Bertz CT molecular complexity index is 630. The van der Waals surface area contributed by atoms with Gasteiger partial charge in [0.25, 0.3) is 0 Å². The van der Waals surface area contributed by atoms with Crippen molar-refractivity contribution in [1.82, 2.24) is 9.97 Å². The summed E-state index contributed by atoms with van der Waals surface area (Å²) in [6.07, 6.45) is 2.59. The van der Waals surface area contributed by atoms with E-state index in [1.807, 2.05) is 18.2 Å². The molecule has 1 aromatic heterocycles. The molecule has 21 heavy (non-hydrogen) atoms. The van der Waals surface area contributed by atoms with Gasteiger partial charge in [0.05, 0.1) is 12.1 Å². The molecule has 1 atom stereocenters. The van der Waals surface area contributed by atoms with Crippen molar-refractivity contribution in [3.8, 4) is 0 Å². The smallest absolute Gasteiger partial charge is 0.224 e. The molecule has 2 aromatic rings. The first kappa shape index (κ1) is 14.5. The Balaban J connectivity index is 2.04. The lowest BCUT2D eigenvalue weighted by molar-refractivity contribution is 0.202. The van der Waals surface area contributed by atoms with Crippen LogP contribution in [0.5, 0.6) is 0 Å². The van der Waals surface area contributed by atoms with Gasteiger partial charge in [-0.05, 0) is 49.4 Å². The van der Waals surface area contributed by atoms with Gasteiger partial charge in [-0.15, -0.1) is 0 Å². The summed E-state index contributed by atoms with van der Waals surface area (Å²) in [6.45, 7) is 3.75. The van der Waals surface area contributed by atoms with Gasteiger partial charge in [0.15, 0.2) is 0 Å². The van der Waals surface area contributed by atoms with E-state index in [0.29, 0.717) is 17.9 Å². The Kier molecular flexibility index (Phi) is 4.27. The fourth-order valence-electron chi connectivity index (χ4n) is 2.78. The van der Waals surface area contributed by atoms with Crippen LogP contribution in [0.1, 0.15) is 19.8 Å². The summed E-state index contributed by atoms with van der Waals surface area (Å²) in [4.78, 5) is 11.1. The molecule has 1 heterocycles. The third-order valence-corrected chi connectivity index (χ3v) is 4.33. The van der Waals surface area contributed by atoms with Crippen LogP contribution in [0.15, 0.2) is 24.3 Å². The maximum Gasteiger partial charge on any atom is 0.224 e. The van der Waals surface area contributed by atoms with E-state index in [0.717, 1.165) is 29.2 Å². The third-order valence-electron chi connectivity index (χ3n) is 4.16. The molecule has 0 spiro atoms. The summed E-state index contributed by atoms with van der Waals surface area (Å²) in [5.41, 5.74) is 0.887. The lowest BCUT2D eigenvalue weighted by Gasteiger charge is -2.31. The zero-order valence-corrected chi connectivity index (χ0v) is 13.2. The quantitative estimate of drug-likeness (QED) is 0.765. The molecule has 0 saturated heterocycles. The molecule has 1 aliphatic rings. The number of fused-ring (bicyclic) bond motifs is 1. The fourth-order valence-corrected chi connectivity index (χ4v) is 2.95. The van der Waals surface area contributed by atoms with Crippen molar-refractivity contribution in [3.63, 3.8) is 0 Å². The number of aromatic nitrogens is 2. The first-order valence-electron chi connectivity index (χ1n) is 7.38. The highest BCUT2D eigenvalue weighted by atomic mass is 35.5. The van der Waals surface area contributed by atoms with Crippen LogP contribution in [0, 0.1) is 5.92 Å².